The first-order chi connectivity index (χ1) is 10.5. The van der Waals surface area contributed by atoms with E-state index in [1.165, 1.54) is 22.7 Å². The molecule has 0 bridgehead atoms. The first-order valence-corrected chi connectivity index (χ1v) is 8.57. The van der Waals surface area contributed by atoms with Crippen molar-refractivity contribution in [3.63, 3.8) is 0 Å². The topological polar surface area (TPSA) is 54.9 Å². The number of benzene rings is 1. The van der Waals surface area contributed by atoms with Crippen molar-refractivity contribution in [3.05, 3.63) is 50.9 Å². The van der Waals surface area contributed by atoms with E-state index in [4.69, 9.17) is 11.6 Å². The largest absolute Gasteiger partial charge is 0.297 e. The summed E-state index contributed by atoms with van der Waals surface area (Å²) < 4.78 is 0. The summed E-state index contributed by atoms with van der Waals surface area (Å²) in [6, 6.07) is 7.44. The van der Waals surface area contributed by atoms with E-state index in [0.717, 1.165) is 16.3 Å². The van der Waals surface area contributed by atoms with Crippen molar-refractivity contribution in [1.82, 2.24) is 9.97 Å². The summed E-state index contributed by atoms with van der Waals surface area (Å²) in [4.78, 5) is 21.6. The predicted molar refractivity (Wildman–Crippen MR) is 92.1 cm³/mol. The van der Waals surface area contributed by atoms with E-state index >= 15 is 0 Å². The van der Waals surface area contributed by atoms with Crippen LogP contribution in [0.15, 0.2) is 29.6 Å². The maximum Gasteiger partial charge on any atom is 0.269 e. The van der Waals surface area contributed by atoms with E-state index < -0.39 is 0 Å². The van der Waals surface area contributed by atoms with Gasteiger partial charge in [-0.05, 0) is 26.0 Å². The number of hydrogen-bond donors (Lipinski definition) is 1. The van der Waals surface area contributed by atoms with Crippen LogP contribution in [-0.2, 0) is 0 Å². The van der Waals surface area contributed by atoms with Crippen LogP contribution in [0.2, 0.25) is 5.02 Å². The molecule has 3 aromatic rings. The van der Waals surface area contributed by atoms with Crippen LogP contribution >= 0.6 is 34.3 Å². The van der Waals surface area contributed by atoms with Crippen molar-refractivity contribution < 1.29 is 4.79 Å². The molecule has 112 valence electrons. The van der Waals surface area contributed by atoms with Crippen LogP contribution in [0.3, 0.4) is 0 Å². The Morgan fingerprint density at radius 3 is 2.77 bits per heavy atom. The molecular weight excluding hydrogens is 338 g/mol. The van der Waals surface area contributed by atoms with Crippen LogP contribution in [0, 0.1) is 13.8 Å². The van der Waals surface area contributed by atoms with Crippen molar-refractivity contribution in [2.45, 2.75) is 13.8 Å². The minimum Gasteiger partial charge on any atom is -0.297 e. The number of hydrogen-bond acceptors (Lipinski definition) is 5. The van der Waals surface area contributed by atoms with Gasteiger partial charge < -0.3 is 0 Å². The normalized spacial score (nSPS) is 10.7. The molecule has 1 N–H and O–H groups in total. The lowest BCUT2D eigenvalue weighted by Gasteiger charge is -1.98. The lowest BCUT2D eigenvalue weighted by atomic mass is 10.2. The Hall–Kier alpha value is -1.76. The van der Waals surface area contributed by atoms with Gasteiger partial charge in [-0.1, -0.05) is 23.7 Å². The molecule has 0 aliphatic rings. The molecule has 0 unspecified atom stereocenters. The molecule has 0 saturated heterocycles. The highest BCUT2D eigenvalue weighted by atomic mass is 35.5. The van der Waals surface area contributed by atoms with Gasteiger partial charge in [0, 0.05) is 16.0 Å². The second-order valence-electron chi connectivity index (χ2n) is 4.69. The molecule has 1 amide bonds. The molecule has 22 heavy (non-hydrogen) atoms. The number of nitrogens with one attached hydrogen (secondary N) is 1. The molecule has 4 nitrogen and oxygen atoms in total. The third-order valence-electron chi connectivity index (χ3n) is 2.91. The summed E-state index contributed by atoms with van der Waals surface area (Å²) in [6.45, 7) is 3.72. The van der Waals surface area contributed by atoms with Crippen molar-refractivity contribution >= 4 is 45.3 Å². The molecular formula is C15H12ClN3OS2. The molecule has 3 rings (SSSR count). The standard InChI is InChI=1S/C15H12ClN3OS2/c1-8-7-21-15(17-8)19-13(20)12-9(2)18-14(22-12)10-4-3-5-11(16)6-10/h3-7H,1-2H3,(H,17,19,20). The van der Waals surface area contributed by atoms with Crippen LogP contribution in [0.5, 0.6) is 0 Å². The number of aromatic nitrogens is 2. The number of amides is 1. The quantitative estimate of drug-likeness (QED) is 0.739. The number of aryl methyl sites for hydroxylation is 2. The van der Waals surface area contributed by atoms with E-state index in [2.05, 4.69) is 15.3 Å². The summed E-state index contributed by atoms with van der Waals surface area (Å²) in [5, 5.41) is 6.73. The number of halogens is 1. The average molecular weight is 350 g/mol. The Bertz CT molecular complexity index is 841. The molecule has 0 radical (unpaired) electrons. The zero-order chi connectivity index (χ0) is 15.7. The van der Waals surface area contributed by atoms with Crippen LogP contribution < -0.4 is 5.32 Å². The number of rotatable bonds is 3. The first-order valence-electron chi connectivity index (χ1n) is 6.50. The molecule has 0 aliphatic heterocycles. The summed E-state index contributed by atoms with van der Waals surface area (Å²) in [7, 11) is 0. The van der Waals surface area contributed by atoms with Crippen LogP contribution in [0.1, 0.15) is 21.1 Å². The molecule has 0 fully saturated rings. The van der Waals surface area contributed by atoms with Crippen molar-refractivity contribution in [1.29, 1.82) is 0 Å². The third-order valence-corrected chi connectivity index (χ3v) is 5.23. The van der Waals surface area contributed by atoms with Crippen LogP contribution in [-0.4, -0.2) is 15.9 Å². The van der Waals surface area contributed by atoms with Gasteiger partial charge in [-0.2, -0.15) is 0 Å². The van der Waals surface area contributed by atoms with Gasteiger partial charge in [0.25, 0.3) is 5.91 Å². The fourth-order valence-corrected chi connectivity index (χ4v) is 3.75. The van der Waals surface area contributed by atoms with Crippen LogP contribution in [0.25, 0.3) is 10.6 Å². The van der Waals surface area contributed by atoms with Gasteiger partial charge in [-0.25, -0.2) is 9.97 Å². The van der Waals surface area contributed by atoms with Gasteiger partial charge in [0.2, 0.25) is 0 Å². The van der Waals surface area contributed by atoms with Crippen molar-refractivity contribution in [3.8, 4) is 10.6 Å². The second kappa shape index (κ2) is 6.16. The van der Waals surface area contributed by atoms with E-state index in [9.17, 15) is 4.79 Å². The van der Waals surface area contributed by atoms with Gasteiger partial charge in [0.15, 0.2) is 5.13 Å². The molecule has 1 aromatic carbocycles. The average Bonchev–Trinajstić information content (AvgIpc) is 3.05. The predicted octanol–water partition coefficient (Wildman–Crippen LogP) is 4.79. The van der Waals surface area contributed by atoms with E-state index in [0.29, 0.717) is 20.7 Å². The Kier molecular flexibility index (Phi) is 4.24. The number of nitrogens with zero attached hydrogens (tertiary/aromatic N) is 2. The highest BCUT2D eigenvalue weighted by molar-refractivity contribution is 7.17. The lowest BCUT2D eigenvalue weighted by molar-refractivity contribution is 0.103. The Morgan fingerprint density at radius 2 is 2.09 bits per heavy atom. The molecule has 0 spiro atoms. The molecule has 7 heteroatoms. The van der Waals surface area contributed by atoms with Crippen LogP contribution in [0.4, 0.5) is 5.13 Å². The Balaban J connectivity index is 1.87. The first kappa shape index (κ1) is 15.1. The maximum atomic E-state index is 12.4. The highest BCUT2D eigenvalue weighted by Crippen LogP contribution is 2.30. The smallest absolute Gasteiger partial charge is 0.269 e. The third kappa shape index (κ3) is 3.19. The zero-order valence-corrected chi connectivity index (χ0v) is 14.3. The Morgan fingerprint density at radius 1 is 1.27 bits per heavy atom. The minimum absolute atomic E-state index is 0.183. The molecule has 0 atom stereocenters. The fourth-order valence-electron chi connectivity index (χ4n) is 1.92. The SMILES string of the molecule is Cc1csc(NC(=O)c2sc(-c3cccc(Cl)c3)nc2C)n1. The summed E-state index contributed by atoms with van der Waals surface area (Å²) in [5.41, 5.74) is 2.50. The van der Waals surface area contributed by atoms with Gasteiger partial charge in [-0.15, -0.1) is 22.7 Å². The molecule has 0 saturated carbocycles. The second-order valence-corrected chi connectivity index (χ2v) is 6.99. The van der Waals surface area contributed by atoms with Gasteiger partial charge in [0.05, 0.1) is 11.4 Å². The molecule has 0 aliphatic carbocycles. The molecule has 2 heterocycles. The number of anilines is 1. The van der Waals surface area contributed by atoms with Gasteiger partial charge in [-0.3, -0.25) is 10.1 Å². The summed E-state index contributed by atoms with van der Waals surface area (Å²) >= 11 is 8.76. The zero-order valence-electron chi connectivity index (χ0n) is 11.9. The van der Waals surface area contributed by atoms with E-state index in [1.54, 1.807) is 0 Å². The maximum absolute atomic E-state index is 12.4. The van der Waals surface area contributed by atoms with E-state index in [1.807, 2.05) is 43.5 Å². The summed E-state index contributed by atoms with van der Waals surface area (Å²) in [6.07, 6.45) is 0. The fraction of sp³-hybridized carbons (Fsp3) is 0.133. The summed E-state index contributed by atoms with van der Waals surface area (Å²) in [5.74, 6) is -0.183. The Labute approximate surface area is 140 Å². The van der Waals surface area contributed by atoms with Crippen molar-refractivity contribution in [2.75, 3.05) is 5.32 Å². The number of carbonyl (C=O) groups is 1. The molecule has 2 aromatic heterocycles. The van der Waals surface area contributed by atoms with E-state index in [-0.39, 0.29) is 5.91 Å². The minimum atomic E-state index is -0.183. The van der Waals surface area contributed by atoms with Crippen molar-refractivity contribution in [2.24, 2.45) is 0 Å². The van der Waals surface area contributed by atoms with Gasteiger partial charge in [0.1, 0.15) is 9.88 Å². The number of carbonyl (C=O) groups excluding carboxylic acids is 1. The van der Waals surface area contributed by atoms with Gasteiger partial charge >= 0.3 is 0 Å². The highest BCUT2D eigenvalue weighted by Gasteiger charge is 2.17. The number of thiazole rings is 2. The lowest BCUT2D eigenvalue weighted by Crippen LogP contribution is -2.11. The monoisotopic (exact) mass is 349 g/mol.